The maximum Gasteiger partial charge on any atom is 0.217 e. The molecule has 3 aromatic rings. The van der Waals surface area contributed by atoms with Crippen LogP contribution in [0.5, 0.6) is 0 Å². The van der Waals surface area contributed by atoms with Crippen molar-refractivity contribution in [3.8, 4) is 0 Å². The van der Waals surface area contributed by atoms with Gasteiger partial charge in [0.25, 0.3) is 0 Å². The minimum absolute atomic E-state index is 0.00820. The van der Waals surface area contributed by atoms with Crippen molar-refractivity contribution < 1.29 is 19.4 Å². The van der Waals surface area contributed by atoms with Crippen molar-refractivity contribution in [3.63, 3.8) is 0 Å². The number of ether oxygens (including phenoxy) is 2. The van der Waals surface area contributed by atoms with Crippen LogP contribution >= 0.6 is 11.8 Å². The number of aliphatic hydroxyl groups excluding tert-OH is 1. The number of carbonyl (C=O) groups excluding carboxylic acids is 1. The van der Waals surface area contributed by atoms with Crippen molar-refractivity contribution >= 4 is 17.7 Å². The third-order valence-electron chi connectivity index (χ3n) is 5.84. The smallest absolute Gasteiger partial charge is 0.217 e. The molecule has 178 valence electrons. The summed E-state index contributed by atoms with van der Waals surface area (Å²) in [5.41, 5.74) is 3.84. The lowest BCUT2D eigenvalue weighted by atomic mass is 9.91. The zero-order valence-corrected chi connectivity index (χ0v) is 20.1. The largest absolute Gasteiger partial charge is 0.392 e. The van der Waals surface area contributed by atoms with E-state index in [0.29, 0.717) is 17.5 Å². The molecule has 7 nitrogen and oxygen atoms in total. The zero-order chi connectivity index (χ0) is 23.9. The number of nitrogens with zero attached hydrogens (tertiary/aromatic N) is 2. The Labute approximate surface area is 203 Å². The van der Waals surface area contributed by atoms with Crippen LogP contribution in [-0.2, 0) is 27.4 Å². The summed E-state index contributed by atoms with van der Waals surface area (Å²) in [7, 11) is 0. The van der Waals surface area contributed by atoms with Gasteiger partial charge in [-0.3, -0.25) is 4.79 Å². The van der Waals surface area contributed by atoms with Crippen LogP contribution in [0, 0.1) is 5.92 Å². The molecule has 0 bridgehead atoms. The van der Waals surface area contributed by atoms with E-state index >= 15 is 0 Å². The first-order valence-electron chi connectivity index (χ1n) is 11.3. The van der Waals surface area contributed by atoms with Gasteiger partial charge in [-0.25, -0.2) is 9.97 Å². The number of carbonyl (C=O) groups is 1. The van der Waals surface area contributed by atoms with Gasteiger partial charge in [-0.05, 0) is 22.8 Å². The van der Waals surface area contributed by atoms with Gasteiger partial charge in [0.15, 0.2) is 11.4 Å². The van der Waals surface area contributed by atoms with Gasteiger partial charge < -0.3 is 19.9 Å². The fourth-order valence-electron chi connectivity index (χ4n) is 3.85. The molecule has 2 aromatic carbocycles. The van der Waals surface area contributed by atoms with Gasteiger partial charge in [0.2, 0.25) is 5.91 Å². The highest BCUT2D eigenvalue weighted by molar-refractivity contribution is 7.99. The second-order valence-electron chi connectivity index (χ2n) is 8.32. The average molecular weight is 480 g/mol. The summed E-state index contributed by atoms with van der Waals surface area (Å²) in [6, 6.07) is 17.6. The van der Waals surface area contributed by atoms with E-state index in [0.717, 1.165) is 22.3 Å². The van der Waals surface area contributed by atoms with Crippen LogP contribution in [-0.4, -0.2) is 32.8 Å². The summed E-state index contributed by atoms with van der Waals surface area (Å²) in [5, 5.41) is 12.9. The van der Waals surface area contributed by atoms with Gasteiger partial charge in [-0.15, -0.1) is 0 Å². The average Bonchev–Trinajstić information content (AvgIpc) is 2.88. The Kier molecular flexibility index (Phi) is 8.29. The number of hydrogen-bond donors (Lipinski definition) is 2. The highest BCUT2D eigenvalue weighted by Gasteiger charge is 2.38. The van der Waals surface area contributed by atoms with E-state index in [2.05, 4.69) is 22.2 Å². The van der Waals surface area contributed by atoms with Gasteiger partial charge in [0.05, 0.1) is 18.8 Å². The monoisotopic (exact) mass is 479 g/mol. The molecule has 1 aliphatic heterocycles. The lowest BCUT2D eigenvalue weighted by molar-refractivity contribution is -0.268. The predicted octanol–water partition coefficient (Wildman–Crippen LogP) is 4.19. The highest BCUT2D eigenvalue weighted by Crippen LogP contribution is 2.42. The normalized spacial score (nSPS) is 22.3. The number of benzene rings is 2. The molecule has 0 radical (unpaired) electrons. The van der Waals surface area contributed by atoms with Crippen molar-refractivity contribution in [2.45, 2.75) is 50.7 Å². The molecule has 1 saturated heterocycles. The fourth-order valence-corrected chi connectivity index (χ4v) is 4.81. The summed E-state index contributed by atoms with van der Waals surface area (Å²) in [6.07, 6.45) is 2.68. The van der Waals surface area contributed by atoms with Gasteiger partial charge in [-0.2, -0.15) is 0 Å². The molecule has 0 aliphatic carbocycles. The van der Waals surface area contributed by atoms with Crippen LogP contribution in [0.1, 0.15) is 48.5 Å². The SMILES string of the molecule is CC(=O)NCc1ccc([C@H]2O[C@@H](CSc3ncccn3)[C@@H](C)[C@@H](c3ccc(CO)cc3)O2)cc1. The molecule has 4 atom stereocenters. The first-order chi connectivity index (χ1) is 16.5. The minimum Gasteiger partial charge on any atom is -0.392 e. The van der Waals surface area contributed by atoms with E-state index in [1.165, 1.54) is 6.92 Å². The van der Waals surface area contributed by atoms with Gasteiger partial charge in [-0.1, -0.05) is 67.2 Å². The standard InChI is InChI=1S/C26H29N3O4S/c1-17-23(16-34-26-27-12-3-13-28-26)32-25(22-10-4-19(5-11-22)14-29-18(2)31)33-24(17)21-8-6-20(15-30)7-9-21/h3-13,17,23-25,30H,14-16H2,1-2H3,(H,29,31)/t17-,23+,24+,25+/m1/s1. The Morgan fingerprint density at radius 1 is 1.00 bits per heavy atom. The Bertz CT molecular complexity index is 1060. The number of rotatable bonds is 8. The molecule has 4 rings (SSSR count). The molecule has 2 N–H and O–H groups in total. The quantitative estimate of drug-likeness (QED) is 0.370. The van der Waals surface area contributed by atoms with Crippen LogP contribution in [0.4, 0.5) is 0 Å². The molecule has 1 aromatic heterocycles. The molecule has 34 heavy (non-hydrogen) atoms. The Morgan fingerprint density at radius 2 is 1.65 bits per heavy atom. The van der Waals surface area contributed by atoms with Crippen molar-refractivity contribution in [2.24, 2.45) is 5.92 Å². The van der Waals surface area contributed by atoms with E-state index in [-0.39, 0.29) is 30.6 Å². The maximum atomic E-state index is 11.2. The number of amides is 1. The predicted molar refractivity (Wildman–Crippen MR) is 130 cm³/mol. The number of nitrogens with one attached hydrogen (secondary N) is 1. The van der Waals surface area contributed by atoms with Crippen molar-refractivity contribution in [3.05, 3.63) is 89.2 Å². The fraction of sp³-hybridized carbons (Fsp3) is 0.346. The molecular formula is C26H29N3O4S. The van der Waals surface area contributed by atoms with Gasteiger partial charge >= 0.3 is 0 Å². The van der Waals surface area contributed by atoms with Gasteiger partial charge in [0, 0.05) is 43.1 Å². The molecule has 0 saturated carbocycles. The highest BCUT2D eigenvalue weighted by atomic mass is 32.2. The summed E-state index contributed by atoms with van der Waals surface area (Å²) in [4.78, 5) is 19.8. The first-order valence-corrected chi connectivity index (χ1v) is 12.3. The summed E-state index contributed by atoms with van der Waals surface area (Å²) in [5.74, 6) is 0.720. The van der Waals surface area contributed by atoms with E-state index in [1.807, 2.05) is 48.5 Å². The van der Waals surface area contributed by atoms with Crippen molar-refractivity contribution in [1.29, 1.82) is 0 Å². The third kappa shape index (κ3) is 6.21. The second-order valence-corrected chi connectivity index (χ2v) is 9.30. The molecule has 8 heteroatoms. The van der Waals surface area contributed by atoms with E-state index < -0.39 is 6.29 Å². The molecule has 1 fully saturated rings. The van der Waals surface area contributed by atoms with Crippen molar-refractivity contribution in [2.75, 3.05) is 5.75 Å². The number of aromatic nitrogens is 2. The number of hydrogen-bond acceptors (Lipinski definition) is 7. The van der Waals surface area contributed by atoms with Crippen molar-refractivity contribution in [1.82, 2.24) is 15.3 Å². The Balaban J connectivity index is 1.54. The summed E-state index contributed by atoms with van der Waals surface area (Å²) >= 11 is 1.57. The third-order valence-corrected chi connectivity index (χ3v) is 6.80. The molecule has 0 spiro atoms. The molecule has 1 aliphatic rings. The minimum atomic E-state index is -0.532. The van der Waals surface area contributed by atoms with E-state index in [1.54, 1.807) is 30.2 Å². The maximum absolute atomic E-state index is 11.2. The Morgan fingerprint density at radius 3 is 2.29 bits per heavy atom. The first kappa shape index (κ1) is 24.3. The zero-order valence-electron chi connectivity index (χ0n) is 19.3. The van der Waals surface area contributed by atoms with E-state index in [9.17, 15) is 9.90 Å². The van der Waals surface area contributed by atoms with Crippen LogP contribution in [0.2, 0.25) is 0 Å². The topological polar surface area (TPSA) is 93.6 Å². The van der Waals surface area contributed by atoms with Crippen LogP contribution in [0.15, 0.2) is 72.1 Å². The summed E-state index contributed by atoms with van der Waals surface area (Å²) < 4.78 is 12.9. The van der Waals surface area contributed by atoms with Crippen LogP contribution < -0.4 is 5.32 Å². The molecule has 1 amide bonds. The second kappa shape index (κ2) is 11.6. The van der Waals surface area contributed by atoms with Gasteiger partial charge in [0.1, 0.15) is 0 Å². The number of aliphatic hydroxyl groups is 1. The van der Waals surface area contributed by atoms with E-state index in [4.69, 9.17) is 9.47 Å². The van der Waals surface area contributed by atoms with Crippen LogP contribution in [0.3, 0.4) is 0 Å². The lowest BCUT2D eigenvalue weighted by Crippen LogP contribution is -2.38. The van der Waals surface area contributed by atoms with Crippen LogP contribution in [0.25, 0.3) is 0 Å². The lowest BCUT2D eigenvalue weighted by Gasteiger charge is -2.41. The number of thioether (sulfide) groups is 1. The molecule has 2 heterocycles. The molecule has 0 unspecified atom stereocenters. The molecular weight excluding hydrogens is 450 g/mol. The Hall–Kier alpha value is -2.78. The summed E-state index contributed by atoms with van der Waals surface area (Å²) in [6.45, 7) is 4.13.